The van der Waals surface area contributed by atoms with Crippen molar-refractivity contribution >= 4 is 15.9 Å². The monoisotopic (exact) mass is 333 g/mol. The molecular weight excluding hydrogens is 314 g/mol. The molecular formula is C17H20BrNO. The molecule has 0 amide bonds. The van der Waals surface area contributed by atoms with E-state index in [1.165, 1.54) is 11.1 Å². The number of nitrogens with one attached hydrogen (secondary N) is 1. The van der Waals surface area contributed by atoms with Gasteiger partial charge < -0.3 is 10.1 Å². The molecule has 0 aromatic heterocycles. The highest BCUT2D eigenvalue weighted by Crippen LogP contribution is 2.33. The van der Waals surface area contributed by atoms with Gasteiger partial charge in [-0.3, -0.25) is 0 Å². The van der Waals surface area contributed by atoms with Crippen LogP contribution in [0.25, 0.3) is 0 Å². The van der Waals surface area contributed by atoms with Crippen LogP contribution < -0.4 is 10.1 Å². The topological polar surface area (TPSA) is 21.3 Å². The summed E-state index contributed by atoms with van der Waals surface area (Å²) in [5.74, 6) is 1.85. The second kappa shape index (κ2) is 6.42. The predicted molar refractivity (Wildman–Crippen MR) is 87.6 cm³/mol. The third-order valence-corrected chi connectivity index (χ3v) is 3.98. The average molecular weight is 334 g/mol. The van der Waals surface area contributed by atoms with Crippen LogP contribution in [0.15, 0.2) is 34.8 Å². The van der Waals surface area contributed by atoms with E-state index in [2.05, 4.69) is 60.2 Å². The van der Waals surface area contributed by atoms with Crippen molar-refractivity contribution in [3.63, 3.8) is 0 Å². The van der Waals surface area contributed by atoms with E-state index in [1.54, 1.807) is 0 Å². The Kier molecular flexibility index (Phi) is 4.84. The molecule has 20 heavy (non-hydrogen) atoms. The Morgan fingerprint density at radius 1 is 1.05 bits per heavy atom. The first-order chi connectivity index (χ1) is 9.52. The van der Waals surface area contributed by atoms with E-state index in [9.17, 15) is 0 Å². The van der Waals surface area contributed by atoms with E-state index in [0.717, 1.165) is 33.6 Å². The molecule has 0 atom stereocenters. The molecule has 0 unspecified atom stereocenters. The summed E-state index contributed by atoms with van der Waals surface area (Å²) in [6, 6.07) is 10.4. The Hall–Kier alpha value is -1.32. The van der Waals surface area contributed by atoms with Crippen molar-refractivity contribution in [3.05, 3.63) is 57.1 Å². The quantitative estimate of drug-likeness (QED) is 0.860. The van der Waals surface area contributed by atoms with Crippen LogP contribution in [0.4, 0.5) is 0 Å². The van der Waals surface area contributed by atoms with Gasteiger partial charge in [-0.1, -0.05) is 34.1 Å². The fraction of sp³-hybridized carbons (Fsp3) is 0.294. The highest BCUT2D eigenvalue weighted by atomic mass is 79.9. The number of hydrogen-bond acceptors (Lipinski definition) is 2. The number of halogens is 1. The number of rotatable bonds is 4. The minimum absolute atomic E-state index is 0.784. The summed E-state index contributed by atoms with van der Waals surface area (Å²) < 4.78 is 7.24. The van der Waals surface area contributed by atoms with Crippen LogP contribution in [0, 0.1) is 20.8 Å². The standard InChI is InChI=1S/C17H20BrNO/c1-11-5-6-12(2)17(13(11)3)20-16-9-15(18)8-7-14(16)10-19-4/h5-9,19H,10H2,1-4H3. The van der Waals surface area contributed by atoms with Crippen LogP contribution in [-0.2, 0) is 6.54 Å². The van der Waals surface area contributed by atoms with Crippen LogP contribution in [0.3, 0.4) is 0 Å². The second-order valence-electron chi connectivity index (χ2n) is 5.04. The van der Waals surface area contributed by atoms with E-state index < -0.39 is 0 Å². The predicted octanol–water partition coefficient (Wildman–Crippen LogP) is 4.89. The first kappa shape index (κ1) is 15.1. The second-order valence-corrected chi connectivity index (χ2v) is 5.95. The third-order valence-electron chi connectivity index (χ3n) is 3.48. The fourth-order valence-electron chi connectivity index (χ4n) is 2.15. The maximum Gasteiger partial charge on any atom is 0.133 e. The molecule has 2 rings (SSSR count). The SMILES string of the molecule is CNCc1ccc(Br)cc1Oc1c(C)ccc(C)c1C. The van der Waals surface area contributed by atoms with Crippen molar-refractivity contribution in [1.29, 1.82) is 0 Å². The number of benzene rings is 2. The summed E-state index contributed by atoms with van der Waals surface area (Å²) in [6.07, 6.45) is 0. The van der Waals surface area contributed by atoms with Gasteiger partial charge in [0, 0.05) is 16.6 Å². The van der Waals surface area contributed by atoms with Gasteiger partial charge in [-0.25, -0.2) is 0 Å². The number of aryl methyl sites for hydroxylation is 2. The van der Waals surface area contributed by atoms with E-state index >= 15 is 0 Å². The molecule has 0 aliphatic rings. The lowest BCUT2D eigenvalue weighted by Gasteiger charge is -2.16. The highest BCUT2D eigenvalue weighted by Gasteiger charge is 2.11. The van der Waals surface area contributed by atoms with Gasteiger partial charge in [-0.05, 0) is 56.6 Å². The molecule has 0 fully saturated rings. The van der Waals surface area contributed by atoms with Crippen molar-refractivity contribution < 1.29 is 4.74 Å². The van der Waals surface area contributed by atoms with Crippen LogP contribution in [0.2, 0.25) is 0 Å². The summed E-state index contributed by atoms with van der Waals surface area (Å²) in [4.78, 5) is 0. The number of hydrogen-bond donors (Lipinski definition) is 1. The first-order valence-corrected chi connectivity index (χ1v) is 7.50. The Bertz CT molecular complexity index is 623. The van der Waals surface area contributed by atoms with Crippen LogP contribution in [-0.4, -0.2) is 7.05 Å². The molecule has 0 bridgehead atoms. The average Bonchev–Trinajstić information content (AvgIpc) is 2.42. The van der Waals surface area contributed by atoms with E-state index in [0.29, 0.717) is 0 Å². The molecule has 0 saturated carbocycles. The molecule has 0 aliphatic heterocycles. The van der Waals surface area contributed by atoms with Crippen molar-refractivity contribution in [3.8, 4) is 11.5 Å². The molecule has 0 saturated heterocycles. The summed E-state index contributed by atoms with van der Waals surface area (Å²) >= 11 is 3.51. The Morgan fingerprint density at radius 2 is 1.75 bits per heavy atom. The molecule has 0 aliphatic carbocycles. The van der Waals surface area contributed by atoms with Crippen LogP contribution >= 0.6 is 15.9 Å². The Balaban J connectivity index is 2.44. The molecule has 0 spiro atoms. The van der Waals surface area contributed by atoms with Gasteiger partial charge in [-0.2, -0.15) is 0 Å². The van der Waals surface area contributed by atoms with E-state index in [1.807, 2.05) is 19.2 Å². The molecule has 2 aromatic rings. The highest BCUT2D eigenvalue weighted by molar-refractivity contribution is 9.10. The maximum atomic E-state index is 6.22. The van der Waals surface area contributed by atoms with E-state index in [-0.39, 0.29) is 0 Å². The molecule has 106 valence electrons. The lowest BCUT2D eigenvalue weighted by atomic mass is 10.1. The molecule has 3 heteroatoms. The lowest BCUT2D eigenvalue weighted by Crippen LogP contribution is -2.06. The van der Waals surface area contributed by atoms with Gasteiger partial charge >= 0.3 is 0 Å². The zero-order valence-electron chi connectivity index (χ0n) is 12.4. The smallest absolute Gasteiger partial charge is 0.133 e. The lowest BCUT2D eigenvalue weighted by molar-refractivity contribution is 0.466. The van der Waals surface area contributed by atoms with Gasteiger partial charge in [-0.15, -0.1) is 0 Å². The van der Waals surface area contributed by atoms with Crippen molar-refractivity contribution in [2.24, 2.45) is 0 Å². The Labute approximate surface area is 129 Å². The summed E-state index contributed by atoms with van der Waals surface area (Å²) in [5, 5.41) is 3.17. The van der Waals surface area contributed by atoms with Gasteiger partial charge in [0.05, 0.1) is 0 Å². The summed E-state index contributed by atoms with van der Waals surface area (Å²) in [6.45, 7) is 7.08. The Morgan fingerprint density at radius 3 is 2.45 bits per heavy atom. The van der Waals surface area contributed by atoms with Crippen molar-refractivity contribution in [1.82, 2.24) is 5.32 Å². The molecule has 0 radical (unpaired) electrons. The molecule has 0 heterocycles. The molecule has 2 aromatic carbocycles. The van der Waals surface area contributed by atoms with Crippen molar-refractivity contribution in [2.45, 2.75) is 27.3 Å². The van der Waals surface area contributed by atoms with Gasteiger partial charge in [0.25, 0.3) is 0 Å². The summed E-state index contributed by atoms with van der Waals surface area (Å²) in [5.41, 5.74) is 4.75. The summed E-state index contributed by atoms with van der Waals surface area (Å²) in [7, 11) is 1.94. The van der Waals surface area contributed by atoms with Gasteiger partial charge in [0.1, 0.15) is 11.5 Å². The van der Waals surface area contributed by atoms with Crippen molar-refractivity contribution in [2.75, 3.05) is 7.05 Å². The normalized spacial score (nSPS) is 10.7. The minimum Gasteiger partial charge on any atom is -0.456 e. The van der Waals surface area contributed by atoms with E-state index in [4.69, 9.17) is 4.74 Å². The fourth-order valence-corrected chi connectivity index (χ4v) is 2.49. The third kappa shape index (κ3) is 3.22. The molecule has 2 nitrogen and oxygen atoms in total. The van der Waals surface area contributed by atoms with Crippen LogP contribution in [0.1, 0.15) is 22.3 Å². The van der Waals surface area contributed by atoms with Gasteiger partial charge in [0.2, 0.25) is 0 Å². The number of ether oxygens (including phenoxy) is 1. The molecule has 1 N–H and O–H groups in total. The zero-order chi connectivity index (χ0) is 14.7. The van der Waals surface area contributed by atoms with Gasteiger partial charge in [0.15, 0.2) is 0 Å². The van der Waals surface area contributed by atoms with Crippen LogP contribution in [0.5, 0.6) is 11.5 Å². The largest absolute Gasteiger partial charge is 0.456 e. The first-order valence-electron chi connectivity index (χ1n) is 6.70. The zero-order valence-corrected chi connectivity index (χ0v) is 14.0. The maximum absolute atomic E-state index is 6.22. The minimum atomic E-state index is 0.784.